The van der Waals surface area contributed by atoms with E-state index in [-0.39, 0.29) is 12.0 Å². The van der Waals surface area contributed by atoms with E-state index in [1.165, 1.54) is 0 Å². The Hall–Kier alpha value is -1.33. The quantitative estimate of drug-likeness (QED) is 0.815. The molecule has 19 heavy (non-hydrogen) atoms. The summed E-state index contributed by atoms with van der Waals surface area (Å²) in [6, 6.07) is 3.23. The van der Waals surface area contributed by atoms with Crippen molar-refractivity contribution in [2.45, 2.75) is 20.0 Å². The number of ether oxygens (including phenoxy) is 1. The molecule has 0 bridgehead atoms. The number of hydrogen-bond acceptors (Lipinski definition) is 4. The predicted octanol–water partition coefficient (Wildman–Crippen LogP) is 2.27. The molecule has 0 radical (unpaired) electrons. The van der Waals surface area contributed by atoms with Crippen molar-refractivity contribution in [3.05, 3.63) is 22.8 Å². The summed E-state index contributed by atoms with van der Waals surface area (Å²) < 4.78 is 5.42. The minimum atomic E-state index is -0.104. The molecule has 1 rings (SSSR count). The number of hydrogen-bond donors (Lipinski definition) is 1. The number of carbonyl (C=O) groups is 1. The van der Waals surface area contributed by atoms with Gasteiger partial charge in [-0.1, -0.05) is 11.6 Å². The number of anilines is 1. The fraction of sp³-hybridized carbons (Fsp3) is 0.538. The van der Waals surface area contributed by atoms with E-state index >= 15 is 0 Å². The lowest BCUT2D eigenvalue weighted by atomic mass is 10.2. The summed E-state index contributed by atoms with van der Waals surface area (Å²) in [6.07, 6.45) is 0.162. The standard InChI is InChI=1S/C13H20ClN3O2/c1-9(2)19-6-5-17(4)13(18)10-7-11(14)16-12(8-10)15-3/h7-9H,5-6H2,1-4H3,(H,15,16). The highest BCUT2D eigenvalue weighted by Crippen LogP contribution is 2.15. The molecular weight excluding hydrogens is 266 g/mol. The van der Waals surface area contributed by atoms with E-state index in [0.717, 1.165) is 0 Å². The molecule has 0 aromatic carbocycles. The van der Waals surface area contributed by atoms with Crippen LogP contribution >= 0.6 is 11.6 Å². The SMILES string of the molecule is CNc1cc(C(=O)N(C)CCOC(C)C)cc(Cl)n1. The lowest BCUT2D eigenvalue weighted by Gasteiger charge is -2.18. The second-order valence-corrected chi connectivity index (χ2v) is 4.85. The Morgan fingerprint density at radius 3 is 2.79 bits per heavy atom. The smallest absolute Gasteiger partial charge is 0.253 e. The number of aromatic nitrogens is 1. The summed E-state index contributed by atoms with van der Waals surface area (Å²) in [6.45, 7) is 4.97. The molecule has 1 amide bonds. The van der Waals surface area contributed by atoms with Crippen molar-refractivity contribution < 1.29 is 9.53 Å². The van der Waals surface area contributed by atoms with Gasteiger partial charge in [0.25, 0.3) is 5.91 Å². The van der Waals surface area contributed by atoms with Gasteiger partial charge in [0.1, 0.15) is 11.0 Å². The Morgan fingerprint density at radius 2 is 2.21 bits per heavy atom. The maximum atomic E-state index is 12.2. The van der Waals surface area contributed by atoms with E-state index in [9.17, 15) is 4.79 Å². The molecule has 1 N–H and O–H groups in total. The summed E-state index contributed by atoms with van der Waals surface area (Å²) in [5, 5.41) is 3.16. The van der Waals surface area contributed by atoms with Gasteiger partial charge < -0.3 is 15.0 Å². The van der Waals surface area contributed by atoms with Crippen LogP contribution < -0.4 is 5.32 Å². The van der Waals surface area contributed by atoms with Gasteiger partial charge in [0, 0.05) is 26.2 Å². The summed E-state index contributed by atoms with van der Waals surface area (Å²) >= 11 is 5.88. The summed E-state index contributed by atoms with van der Waals surface area (Å²) in [5.41, 5.74) is 0.511. The Kier molecular flexibility index (Phi) is 6.05. The highest BCUT2D eigenvalue weighted by atomic mass is 35.5. The van der Waals surface area contributed by atoms with Crippen LogP contribution in [0.5, 0.6) is 0 Å². The third-order valence-corrected chi connectivity index (χ3v) is 2.72. The van der Waals surface area contributed by atoms with Gasteiger partial charge in [-0.15, -0.1) is 0 Å². The lowest BCUT2D eigenvalue weighted by Crippen LogP contribution is -2.30. The number of pyridine rings is 1. The van der Waals surface area contributed by atoms with Gasteiger partial charge in [-0.3, -0.25) is 4.79 Å². The average molecular weight is 286 g/mol. The molecule has 1 heterocycles. The molecule has 0 unspecified atom stereocenters. The van der Waals surface area contributed by atoms with Gasteiger partial charge in [-0.25, -0.2) is 4.98 Å². The first kappa shape index (κ1) is 15.7. The van der Waals surface area contributed by atoms with Crippen LogP contribution in [0.4, 0.5) is 5.82 Å². The van der Waals surface area contributed by atoms with Crippen LogP contribution in [0.2, 0.25) is 5.15 Å². The van der Waals surface area contributed by atoms with E-state index < -0.39 is 0 Å². The van der Waals surface area contributed by atoms with Gasteiger partial charge in [0.05, 0.1) is 12.7 Å². The first-order valence-corrected chi connectivity index (χ1v) is 6.54. The van der Waals surface area contributed by atoms with Gasteiger partial charge in [0.2, 0.25) is 0 Å². The van der Waals surface area contributed by atoms with E-state index in [1.807, 2.05) is 13.8 Å². The van der Waals surface area contributed by atoms with Gasteiger partial charge >= 0.3 is 0 Å². The number of carbonyl (C=O) groups excluding carboxylic acids is 1. The second kappa shape index (κ2) is 7.31. The average Bonchev–Trinajstić information content (AvgIpc) is 2.36. The molecule has 0 saturated carbocycles. The normalized spacial score (nSPS) is 10.6. The topological polar surface area (TPSA) is 54.5 Å². The van der Waals surface area contributed by atoms with Crippen molar-refractivity contribution in [1.82, 2.24) is 9.88 Å². The first-order chi connectivity index (χ1) is 8.93. The fourth-order valence-electron chi connectivity index (χ4n) is 1.50. The lowest BCUT2D eigenvalue weighted by molar-refractivity contribution is 0.0532. The maximum absolute atomic E-state index is 12.2. The van der Waals surface area contributed by atoms with Crippen molar-refractivity contribution >= 4 is 23.3 Å². The van der Waals surface area contributed by atoms with Crippen LogP contribution in [-0.2, 0) is 4.74 Å². The number of halogens is 1. The molecule has 0 aliphatic carbocycles. The van der Waals surface area contributed by atoms with Crippen molar-refractivity contribution in [1.29, 1.82) is 0 Å². The van der Waals surface area contributed by atoms with E-state index in [4.69, 9.17) is 16.3 Å². The molecule has 5 nitrogen and oxygen atoms in total. The molecule has 0 aliphatic rings. The fourth-order valence-corrected chi connectivity index (χ4v) is 1.70. The Bertz CT molecular complexity index is 438. The summed E-state index contributed by atoms with van der Waals surface area (Å²) in [5.74, 6) is 0.468. The van der Waals surface area contributed by atoms with Crippen molar-refractivity contribution in [2.24, 2.45) is 0 Å². The zero-order valence-electron chi connectivity index (χ0n) is 11.7. The largest absolute Gasteiger partial charge is 0.377 e. The summed E-state index contributed by atoms with van der Waals surface area (Å²) in [7, 11) is 3.46. The highest BCUT2D eigenvalue weighted by Gasteiger charge is 2.13. The second-order valence-electron chi connectivity index (χ2n) is 4.46. The van der Waals surface area contributed by atoms with Gasteiger partial charge in [-0.05, 0) is 26.0 Å². The molecule has 0 aliphatic heterocycles. The third-order valence-electron chi connectivity index (χ3n) is 2.52. The number of nitrogens with one attached hydrogen (secondary N) is 1. The zero-order valence-corrected chi connectivity index (χ0v) is 12.5. The molecule has 0 fully saturated rings. The number of amides is 1. The molecule has 0 atom stereocenters. The molecule has 6 heteroatoms. The van der Waals surface area contributed by atoms with Crippen LogP contribution in [0.15, 0.2) is 12.1 Å². The molecule has 0 saturated heterocycles. The third kappa shape index (κ3) is 5.04. The van der Waals surface area contributed by atoms with Crippen LogP contribution in [0.1, 0.15) is 24.2 Å². The number of likely N-dealkylation sites (N-methyl/N-ethyl adjacent to an activating group) is 1. The van der Waals surface area contributed by atoms with Gasteiger partial charge in [-0.2, -0.15) is 0 Å². The number of rotatable bonds is 6. The van der Waals surface area contributed by atoms with Crippen LogP contribution in [0, 0.1) is 0 Å². The van der Waals surface area contributed by atoms with E-state index in [2.05, 4.69) is 10.3 Å². The first-order valence-electron chi connectivity index (χ1n) is 6.16. The van der Waals surface area contributed by atoms with Crippen molar-refractivity contribution in [3.63, 3.8) is 0 Å². The maximum Gasteiger partial charge on any atom is 0.253 e. The minimum absolute atomic E-state index is 0.104. The monoisotopic (exact) mass is 285 g/mol. The van der Waals surface area contributed by atoms with Crippen LogP contribution in [0.25, 0.3) is 0 Å². The number of nitrogens with zero attached hydrogens (tertiary/aromatic N) is 2. The molecule has 0 spiro atoms. The molecule has 1 aromatic heterocycles. The zero-order chi connectivity index (χ0) is 14.4. The van der Waals surface area contributed by atoms with Crippen LogP contribution in [-0.4, -0.2) is 49.1 Å². The van der Waals surface area contributed by atoms with Crippen molar-refractivity contribution in [3.8, 4) is 0 Å². The van der Waals surface area contributed by atoms with E-state index in [1.54, 1.807) is 31.1 Å². The predicted molar refractivity (Wildman–Crippen MR) is 76.8 cm³/mol. The Labute approximate surface area is 118 Å². The highest BCUT2D eigenvalue weighted by molar-refractivity contribution is 6.29. The molecule has 1 aromatic rings. The van der Waals surface area contributed by atoms with Crippen molar-refractivity contribution in [2.75, 3.05) is 32.6 Å². The van der Waals surface area contributed by atoms with Gasteiger partial charge in [0.15, 0.2) is 0 Å². The molecular formula is C13H20ClN3O2. The Morgan fingerprint density at radius 1 is 1.53 bits per heavy atom. The van der Waals surface area contributed by atoms with E-state index in [0.29, 0.717) is 29.7 Å². The van der Waals surface area contributed by atoms with Crippen LogP contribution in [0.3, 0.4) is 0 Å². The Balaban J connectivity index is 2.68. The minimum Gasteiger partial charge on any atom is -0.377 e. The summed E-state index contributed by atoms with van der Waals surface area (Å²) in [4.78, 5) is 17.8. The molecule has 106 valence electrons.